The van der Waals surface area contributed by atoms with E-state index in [0.717, 1.165) is 12.4 Å². The molecule has 1 aliphatic heterocycles. The summed E-state index contributed by atoms with van der Waals surface area (Å²) in [7, 11) is 0. The molecule has 2 aromatic heterocycles. The molecule has 136 valence electrons. The molecule has 2 atom stereocenters. The summed E-state index contributed by atoms with van der Waals surface area (Å²) in [5.74, 6) is -2.89. The topological polar surface area (TPSA) is 108 Å². The highest BCUT2D eigenvalue weighted by Gasteiger charge is 2.36. The van der Waals surface area contributed by atoms with Crippen molar-refractivity contribution in [1.82, 2.24) is 20.3 Å². The number of rotatable bonds is 5. The number of carbonyl (C=O) groups is 2. The normalized spacial score (nSPS) is 19.8. The molecule has 2 N–H and O–H groups in total. The van der Waals surface area contributed by atoms with E-state index in [9.17, 15) is 19.1 Å². The van der Waals surface area contributed by atoms with Gasteiger partial charge in [0.25, 0.3) is 0 Å². The molecule has 0 radical (unpaired) electrons. The number of carbonyl (C=O) groups excluding carboxylic acids is 1. The average Bonchev–Trinajstić information content (AvgIpc) is 2.67. The summed E-state index contributed by atoms with van der Waals surface area (Å²) in [5, 5.41) is 12.2. The summed E-state index contributed by atoms with van der Waals surface area (Å²) in [4.78, 5) is 37.5. The lowest BCUT2D eigenvalue weighted by molar-refractivity contribution is -0.143. The van der Waals surface area contributed by atoms with Crippen LogP contribution in [0.2, 0.25) is 0 Å². The van der Waals surface area contributed by atoms with Crippen LogP contribution < -0.4 is 10.2 Å². The Morgan fingerprint density at radius 2 is 1.92 bits per heavy atom. The van der Waals surface area contributed by atoms with Gasteiger partial charge in [0, 0.05) is 19.3 Å². The average molecular weight is 359 g/mol. The quantitative estimate of drug-likeness (QED) is 0.815. The van der Waals surface area contributed by atoms with E-state index in [1.807, 2.05) is 6.07 Å². The van der Waals surface area contributed by atoms with Gasteiger partial charge in [-0.1, -0.05) is 6.07 Å². The molecule has 2 aromatic rings. The summed E-state index contributed by atoms with van der Waals surface area (Å²) in [6.07, 6.45) is 3.89. The second-order valence-corrected chi connectivity index (χ2v) is 6.11. The van der Waals surface area contributed by atoms with Gasteiger partial charge in [0.15, 0.2) is 5.82 Å². The Hall–Kier alpha value is -3.10. The van der Waals surface area contributed by atoms with Crippen LogP contribution in [0.5, 0.6) is 0 Å². The summed E-state index contributed by atoms with van der Waals surface area (Å²) in [6, 6.07) is 5.40. The first kappa shape index (κ1) is 17.7. The number of nitrogens with one attached hydrogen (secondary N) is 1. The number of aliphatic carboxylic acids is 1. The number of aromatic nitrogens is 3. The molecule has 0 unspecified atom stereocenters. The number of pyridine rings is 1. The molecule has 0 spiro atoms. The smallest absolute Gasteiger partial charge is 0.308 e. The molecule has 0 aliphatic carbocycles. The summed E-state index contributed by atoms with van der Waals surface area (Å²) in [6.45, 7) is 0.704. The van der Waals surface area contributed by atoms with Crippen LogP contribution in [-0.2, 0) is 16.1 Å². The van der Waals surface area contributed by atoms with E-state index in [4.69, 9.17) is 0 Å². The minimum absolute atomic E-state index is 0.172. The Balaban J connectivity index is 1.69. The van der Waals surface area contributed by atoms with Gasteiger partial charge < -0.3 is 15.3 Å². The Morgan fingerprint density at radius 1 is 1.19 bits per heavy atom. The van der Waals surface area contributed by atoms with E-state index in [1.54, 1.807) is 23.2 Å². The Morgan fingerprint density at radius 3 is 2.58 bits per heavy atom. The lowest BCUT2D eigenvalue weighted by Gasteiger charge is -2.35. The Bertz CT molecular complexity index is 772. The molecule has 0 aromatic carbocycles. The van der Waals surface area contributed by atoms with E-state index >= 15 is 0 Å². The molecule has 1 amide bonds. The summed E-state index contributed by atoms with van der Waals surface area (Å²) < 4.78 is 13.0. The van der Waals surface area contributed by atoms with Gasteiger partial charge in [-0.2, -0.15) is 0 Å². The van der Waals surface area contributed by atoms with Crippen LogP contribution in [0, 0.1) is 17.7 Å². The second kappa shape index (κ2) is 7.85. The minimum atomic E-state index is -0.987. The maximum atomic E-state index is 13.0. The molecule has 0 bridgehead atoms. The molecule has 1 fully saturated rings. The molecule has 1 aliphatic rings. The number of carboxylic acids is 1. The zero-order chi connectivity index (χ0) is 18.5. The zero-order valence-electron chi connectivity index (χ0n) is 13.9. The molecule has 8 nitrogen and oxygen atoms in total. The van der Waals surface area contributed by atoms with E-state index in [-0.39, 0.29) is 37.9 Å². The number of halogens is 1. The maximum absolute atomic E-state index is 13.0. The van der Waals surface area contributed by atoms with Gasteiger partial charge in [0.05, 0.1) is 36.5 Å². The molecular weight excluding hydrogens is 341 g/mol. The molecule has 26 heavy (non-hydrogen) atoms. The van der Waals surface area contributed by atoms with E-state index < -0.39 is 23.6 Å². The number of hydrogen-bond acceptors (Lipinski definition) is 6. The summed E-state index contributed by atoms with van der Waals surface area (Å²) >= 11 is 0. The first-order valence-corrected chi connectivity index (χ1v) is 8.16. The van der Waals surface area contributed by atoms with Crippen molar-refractivity contribution in [2.45, 2.75) is 13.0 Å². The van der Waals surface area contributed by atoms with Crippen LogP contribution in [0.15, 0.2) is 36.8 Å². The van der Waals surface area contributed by atoms with Gasteiger partial charge >= 0.3 is 5.97 Å². The van der Waals surface area contributed by atoms with E-state index in [0.29, 0.717) is 5.69 Å². The Kier molecular flexibility index (Phi) is 5.35. The standard InChI is InChI=1S/C17H18FN5O3/c18-13-6-21-17(22-7-13)23-9-11(5-12(10-23)16(25)26)15(24)20-8-14-3-1-2-4-19-14/h1-4,6-7,11-12H,5,8-10H2,(H,20,24)(H,25,26)/t11-,12+/m1/s1. The van der Waals surface area contributed by atoms with Crippen LogP contribution in [0.4, 0.5) is 10.3 Å². The molecule has 3 rings (SSSR count). The number of piperidine rings is 1. The number of hydrogen-bond donors (Lipinski definition) is 2. The van der Waals surface area contributed by atoms with E-state index in [2.05, 4.69) is 20.3 Å². The Labute approximate surface area is 149 Å². The molecule has 1 saturated heterocycles. The van der Waals surface area contributed by atoms with Crippen LogP contribution in [0.3, 0.4) is 0 Å². The number of anilines is 1. The lowest BCUT2D eigenvalue weighted by atomic mass is 9.88. The molecule has 3 heterocycles. The van der Waals surface area contributed by atoms with Crippen LogP contribution in [0.1, 0.15) is 12.1 Å². The molecular formula is C17H18FN5O3. The first-order valence-electron chi connectivity index (χ1n) is 8.16. The zero-order valence-corrected chi connectivity index (χ0v) is 13.9. The van der Waals surface area contributed by atoms with Gasteiger partial charge in [-0.15, -0.1) is 0 Å². The van der Waals surface area contributed by atoms with Crippen molar-refractivity contribution >= 4 is 17.8 Å². The fourth-order valence-electron chi connectivity index (χ4n) is 2.92. The molecule has 9 heteroatoms. The van der Waals surface area contributed by atoms with Crippen molar-refractivity contribution in [3.63, 3.8) is 0 Å². The van der Waals surface area contributed by atoms with Crippen LogP contribution in [0.25, 0.3) is 0 Å². The van der Waals surface area contributed by atoms with Crippen molar-refractivity contribution in [2.75, 3.05) is 18.0 Å². The predicted octanol–water partition coefficient (Wildman–Crippen LogP) is 0.854. The van der Waals surface area contributed by atoms with Crippen LogP contribution in [-0.4, -0.2) is 45.0 Å². The third-order valence-electron chi connectivity index (χ3n) is 4.23. The maximum Gasteiger partial charge on any atom is 0.308 e. The lowest BCUT2D eigenvalue weighted by Crippen LogP contribution is -2.48. The highest BCUT2D eigenvalue weighted by atomic mass is 19.1. The number of nitrogens with zero attached hydrogens (tertiary/aromatic N) is 4. The summed E-state index contributed by atoms with van der Waals surface area (Å²) in [5.41, 5.74) is 0.713. The van der Waals surface area contributed by atoms with Crippen LogP contribution >= 0.6 is 0 Å². The molecule has 0 saturated carbocycles. The largest absolute Gasteiger partial charge is 0.481 e. The van der Waals surface area contributed by atoms with E-state index in [1.165, 1.54) is 0 Å². The van der Waals surface area contributed by atoms with Crippen molar-refractivity contribution in [2.24, 2.45) is 11.8 Å². The van der Waals surface area contributed by atoms with Crippen molar-refractivity contribution in [3.05, 3.63) is 48.3 Å². The predicted molar refractivity (Wildman–Crippen MR) is 89.5 cm³/mol. The van der Waals surface area contributed by atoms with Gasteiger partial charge in [-0.3, -0.25) is 14.6 Å². The monoisotopic (exact) mass is 359 g/mol. The SMILES string of the molecule is O=C(O)[C@H]1C[C@@H](C(=O)NCc2ccccn2)CN(c2ncc(F)cn2)C1. The van der Waals surface area contributed by atoms with Gasteiger partial charge in [0.2, 0.25) is 11.9 Å². The minimum Gasteiger partial charge on any atom is -0.481 e. The fourth-order valence-corrected chi connectivity index (χ4v) is 2.92. The highest BCUT2D eigenvalue weighted by molar-refractivity contribution is 5.81. The van der Waals surface area contributed by atoms with Crippen molar-refractivity contribution < 1.29 is 19.1 Å². The number of amides is 1. The van der Waals surface area contributed by atoms with Crippen molar-refractivity contribution in [1.29, 1.82) is 0 Å². The van der Waals surface area contributed by atoms with Gasteiger partial charge in [0.1, 0.15) is 0 Å². The fraction of sp³-hybridized carbons (Fsp3) is 0.353. The first-order chi connectivity index (χ1) is 12.5. The highest BCUT2D eigenvalue weighted by Crippen LogP contribution is 2.25. The third-order valence-corrected chi connectivity index (χ3v) is 4.23. The third kappa shape index (κ3) is 4.29. The van der Waals surface area contributed by atoms with Crippen molar-refractivity contribution in [3.8, 4) is 0 Å². The number of carboxylic acid groups (broad SMARTS) is 1. The van der Waals surface area contributed by atoms with Gasteiger partial charge in [-0.25, -0.2) is 14.4 Å². The second-order valence-electron chi connectivity index (χ2n) is 6.11. The van der Waals surface area contributed by atoms with Gasteiger partial charge in [-0.05, 0) is 18.6 Å².